The third kappa shape index (κ3) is 2.19. The molecule has 0 saturated carbocycles. The first-order valence-corrected chi connectivity index (χ1v) is 3.71. The summed E-state index contributed by atoms with van der Waals surface area (Å²) in [6, 6.07) is -1.72. The Kier molecular flexibility index (Phi) is 3.00. The van der Waals surface area contributed by atoms with E-state index in [0.717, 1.165) is 6.34 Å². The molecule has 0 aromatic rings. The third-order valence-electron chi connectivity index (χ3n) is 1.43. The lowest BCUT2D eigenvalue weighted by molar-refractivity contribution is -0.136. The molecule has 76 valence electrons. The topological polar surface area (TPSA) is 115 Å². The van der Waals surface area contributed by atoms with Gasteiger partial charge in [0.2, 0.25) is 6.04 Å². The molecule has 1 rings (SSSR count). The van der Waals surface area contributed by atoms with Crippen molar-refractivity contribution in [2.75, 3.05) is 7.05 Å². The molecule has 14 heavy (non-hydrogen) atoms. The molecule has 0 unspecified atom stereocenters. The van der Waals surface area contributed by atoms with Crippen molar-refractivity contribution in [2.24, 2.45) is 10.1 Å². The second-order valence-corrected chi connectivity index (χ2v) is 2.35. The SMILES string of the molecule is CNC(=O)NC1=NNC=N[C@H]1C(=O)O. The number of nitrogens with zero attached hydrogens (tertiary/aromatic N) is 2. The van der Waals surface area contributed by atoms with Gasteiger partial charge in [0.05, 0.1) is 0 Å². The molecule has 4 N–H and O–H groups in total. The van der Waals surface area contributed by atoms with E-state index in [9.17, 15) is 9.59 Å². The first kappa shape index (κ1) is 9.96. The molecule has 0 fully saturated rings. The van der Waals surface area contributed by atoms with Gasteiger partial charge in [-0.3, -0.25) is 15.7 Å². The van der Waals surface area contributed by atoms with Gasteiger partial charge in [-0.25, -0.2) is 9.59 Å². The maximum Gasteiger partial charge on any atom is 0.336 e. The molecule has 1 atom stereocenters. The summed E-state index contributed by atoms with van der Waals surface area (Å²) in [5.41, 5.74) is 2.34. The Morgan fingerprint density at radius 2 is 2.36 bits per heavy atom. The number of carboxylic acid groups (broad SMARTS) is 1. The maximum atomic E-state index is 10.9. The first-order valence-electron chi connectivity index (χ1n) is 3.71. The number of amides is 2. The van der Waals surface area contributed by atoms with Gasteiger partial charge in [0.15, 0.2) is 5.84 Å². The summed E-state index contributed by atoms with van der Waals surface area (Å²) in [5.74, 6) is -1.24. The molecule has 0 spiro atoms. The number of urea groups is 1. The number of amidine groups is 1. The Morgan fingerprint density at radius 3 is 2.93 bits per heavy atom. The number of rotatable bonds is 1. The minimum atomic E-state index is -1.18. The highest BCUT2D eigenvalue weighted by atomic mass is 16.4. The van der Waals surface area contributed by atoms with Crippen LogP contribution in [0.15, 0.2) is 10.1 Å². The highest BCUT2D eigenvalue weighted by Crippen LogP contribution is 1.96. The van der Waals surface area contributed by atoms with Crippen LogP contribution in [-0.4, -0.2) is 42.4 Å². The standard InChI is InChI=1S/C6H9N5O3/c1-7-6(14)10-4-3(5(12)13)8-2-9-11-4/h2-3H,1H3,(H,8,9)(H,12,13)(H2,7,10,11,14)/t3-/m1/s1. The molecule has 1 aliphatic heterocycles. The van der Waals surface area contributed by atoms with Gasteiger partial charge in [0.1, 0.15) is 6.34 Å². The lowest BCUT2D eigenvalue weighted by Gasteiger charge is -2.14. The van der Waals surface area contributed by atoms with Crippen LogP contribution >= 0.6 is 0 Å². The molecule has 0 aromatic carbocycles. The second-order valence-electron chi connectivity index (χ2n) is 2.35. The molecule has 0 aliphatic carbocycles. The number of aliphatic carboxylic acids is 1. The fourth-order valence-corrected chi connectivity index (χ4v) is 0.794. The van der Waals surface area contributed by atoms with Crippen LogP contribution in [0.5, 0.6) is 0 Å². The van der Waals surface area contributed by atoms with Crippen molar-refractivity contribution in [3.63, 3.8) is 0 Å². The largest absolute Gasteiger partial charge is 0.479 e. The van der Waals surface area contributed by atoms with Crippen LogP contribution in [-0.2, 0) is 4.79 Å². The fraction of sp³-hybridized carbons (Fsp3) is 0.333. The van der Waals surface area contributed by atoms with E-state index in [1.807, 2.05) is 0 Å². The van der Waals surface area contributed by atoms with Crippen LogP contribution in [0.4, 0.5) is 4.79 Å². The summed E-state index contributed by atoms with van der Waals surface area (Å²) in [6.07, 6.45) is 1.15. The molecule has 8 heteroatoms. The van der Waals surface area contributed by atoms with Gasteiger partial charge >= 0.3 is 12.0 Å². The summed E-state index contributed by atoms with van der Waals surface area (Å²) in [6.45, 7) is 0. The Balaban J connectivity index is 2.70. The smallest absolute Gasteiger partial charge is 0.336 e. The molecule has 0 saturated heterocycles. The zero-order valence-electron chi connectivity index (χ0n) is 7.31. The molecule has 0 radical (unpaired) electrons. The summed E-state index contributed by atoms with van der Waals surface area (Å²) < 4.78 is 0. The summed E-state index contributed by atoms with van der Waals surface area (Å²) in [4.78, 5) is 25.1. The normalized spacial score (nSPS) is 19.2. The van der Waals surface area contributed by atoms with E-state index < -0.39 is 18.0 Å². The van der Waals surface area contributed by atoms with Gasteiger partial charge < -0.3 is 10.4 Å². The van der Waals surface area contributed by atoms with E-state index >= 15 is 0 Å². The van der Waals surface area contributed by atoms with E-state index in [1.165, 1.54) is 7.05 Å². The summed E-state index contributed by atoms with van der Waals surface area (Å²) in [5, 5.41) is 16.8. The number of carboxylic acids is 1. The van der Waals surface area contributed by atoms with Gasteiger partial charge in [0, 0.05) is 7.05 Å². The second kappa shape index (κ2) is 4.21. The highest BCUT2D eigenvalue weighted by Gasteiger charge is 2.26. The molecule has 0 bridgehead atoms. The van der Waals surface area contributed by atoms with E-state index in [2.05, 4.69) is 26.2 Å². The van der Waals surface area contributed by atoms with Crippen LogP contribution in [0, 0.1) is 0 Å². The van der Waals surface area contributed by atoms with Gasteiger partial charge in [0.25, 0.3) is 0 Å². The van der Waals surface area contributed by atoms with Crippen molar-refractivity contribution in [1.82, 2.24) is 16.1 Å². The Labute approximate surface area is 79.1 Å². The van der Waals surface area contributed by atoms with Crippen molar-refractivity contribution >= 4 is 24.2 Å². The van der Waals surface area contributed by atoms with Gasteiger partial charge in [-0.2, -0.15) is 5.10 Å². The Morgan fingerprint density at radius 1 is 1.64 bits per heavy atom. The molecular weight excluding hydrogens is 190 g/mol. The van der Waals surface area contributed by atoms with Crippen molar-refractivity contribution < 1.29 is 14.7 Å². The first-order chi connectivity index (χ1) is 6.65. The van der Waals surface area contributed by atoms with Gasteiger partial charge in [-0.15, -0.1) is 0 Å². The molecular formula is C6H9N5O3. The van der Waals surface area contributed by atoms with Crippen LogP contribution in [0.2, 0.25) is 0 Å². The Hall–Kier alpha value is -2.12. The number of nitrogens with one attached hydrogen (secondary N) is 3. The van der Waals surface area contributed by atoms with Gasteiger partial charge in [-0.05, 0) is 0 Å². The van der Waals surface area contributed by atoms with Crippen molar-refractivity contribution in [3.05, 3.63) is 0 Å². The fourth-order valence-electron chi connectivity index (χ4n) is 0.794. The molecule has 0 aromatic heterocycles. The Bertz CT molecular complexity index is 311. The zero-order chi connectivity index (χ0) is 10.6. The predicted molar refractivity (Wildman–Crippen MR) is 48.1 cm³/mol. The van der Waals surface area contributed by atoms with Crippen molar-refractivity contribution in [3.8, 4) is 0 Å². The summed E-state index contributed by atoms with van der Waals surface area (Å²) in [7, 11) is 1.41. The van der Waals surface area contributed by atoms with Crippen molar-refractivity contribution in [2.45, 2.75) is 6.04 Å². The van der Waals surface area contributed by atoms with Crippen LogP contribution in [0.3, 0.4) is 0 Å². The molecule has 1 heterocycles. The van der Waals surface area contributed by atoms with Crippen LogP contribution in [0.25, 0.3) is 0 Å². The molecule has 2 amide bonds. The average molecular weight is 199 g/mol. The third-order valence-corrected chi connectivity index (χ3v) is 1.43. The minimum Gasteiger partial charge on any atom is -0.479 e. The number of carbonyl (C=O) groups is 2. The molecule has 1 aliphatic rings. The van der Waals surface area contributed by atoms with E-state index in [1.54, 1.807) is 0 Å². The van der Waals surface area contributed by atoms with E-state index in [4.69, 9.17) is 5.11 Å². The highest BCUT2D eigenvalue weighted by molar-refractivity contribution is 6.11. The quantitative estimate of drug-likeness (QED) is 0.403. The lowest BCUT2D eigenvalue weighted by atomic mass is 10.3. The van der Waals surface area contributed by atoms with Gasteiger partial charge in [-0.1, -0.05) is 0 Å². The maximum absolute atomic E-state index is 10.9. The molecule has 8 nitrogen and oxygen atoms in total. The zero-order valence-corrected chi connectivity index (χ0v) is 7.31. The monoisotopic (exact) mass is 199 g/mol. The minimum absolute atomic E-state index is 0.0562. The van der Waals surface area contributed by atoms with E-state index in [0.29, 0.717) is 0 Å². The number of hydrazone groups is 1. The lowest BCUT2D eigenvalue weighted by Crippen LogP contribution is -2.47. The van der Waals surface area contributed by atoms with E-state index in [-0.39, 0.29) is 5.84 Å². The van der Waals surface area contributed by atoms with Crippen molar-refractivity contribution in [1.29, 1.82) is 0 Å². The number of carbonyl (C=O) groups excluding carboxylic acids is 1. The number of aliphatic imine (C=N–C) groups is 1. The summed E-state index contributed by atoms with van der Waals surface area (Å²) >= 11 is 0. The average Bonchev–Trinajstić information content (AvgIpc) is 2.18. The van der Waals surface area contributed by atoms with Crippen LogP contribution in [0.1, 0.15) is 0 Å². The van der Waals surface area contributed by atoms with Crippen LogP contribution < -0.4 is 16.1 Å². The number of hydrogen-bond donors (Lipinski definition) is 4. The predicted octanol–water partition coefficient (Wildman–Crippen LogP) is -1.69. The number of hydrogen-bond acceptors (Lipinski definition) is 5.